The molecule has 0 saturated heterocycles. The van der Waals surface area contributed by atoms with Crippen molar-refractivity contribution in [3.05, 3.63) is 16.7 Å². The summed E-state index contributed by atoms with van der Waals surface area (Å²) >= 11 is 5.09. The maximum absolute atomic E-state index is 9.07. The summed E-state index contributed by atoms with van der Waals surface area (Å²) in [5.41, 5.74) is 0.793. The van der Waals surface area contributed by atoms with Gasteiger partial charge in [0.1, 0.15) is 0 Å². The van der Waals surface area contributed by atoms with Crippen molar-refractivity contribution in [1.82, 2.24) is 14.5 Å². The van der Waals surface area contributed by atoms with Crippen LogP contribution in [0.15, 0.2) is 6.20 Å². The lowest BCUT2D eigenvalue weighted by Gasteiger charge is -2.10. The average molecular weight is 245 g/mol. The summed E-state index contributed by atoms with van der Waals surface area (Å²) < 4.78 is 7.95. The van der Waals surface area contributed by atoms with Gasteiger partial charge in [-0.05, 0) is 26.3 Å². The van der Waals surface area contributed by atoms with Crippen molar-refractivity contribution in [2.45, 2.75) is 13.2 Å². The van der Waals surface area contributed by atoms with E-state index in [0.29, 0.717) is 24.5 Å². The van der Waals surface area contributed by atoms with Gasteiger partial charge in [0.25, 0.3) is 0 Å². The highest BCUT2D eigenvalue weighted by molar-refractivity contribution is 7.71. The predicted octanol–water partition coefficient (Wildman–Crippen LogP) is 0.616. The molecule has 16 heavy (non-hydrogen) atoms. The van der Waals surface area contributed by atoms with E-state index >= 15 is 0 Å². The summed E-state index contributed by atoms with van der Waals surface area (Å²) in [6, 6.07) is 0. The molecule has 0 spiro atoms. The molecule has 5 nitrogen and oxygen atoms in total. The van der Waals surface area contributed by atoms with E-state index in [0.717, 1.165) is 12.2 Å². The Kier molecular flexibility index (Phi) is 5.68. The summed E-state index contributed by atoms with van der Waals surface area (Å²) in [7, 11) is 4.02. The van der Waals surface area contributed by atoms with Gasteiger partial charge in [-0.2, -0.15) is 0 Å². The second kappa shape index (κ2) is 6.80. The minimum Gasteiger partial charge on any atom is -0.390 e. The van der Waals surface area contributed by atoms with Gasteiger partial charge in [0.15, 0.2) is 4.77 Å². The first-order valence-electron chi connectivity index (χ1n) is 5.25. The summed E-state index contributed by atoms with van der Waals surface area (Å²) in [4.78, 5) is 4.97. The van der Waals surface area contributed by atoms with Crippen LogP contribution in [-0.4, -0.2) is 53.4 Å². The number of imidazole rings is 1. The third-order valence-electron chi connectivity index (χ3n) is 2.26. The molecule has 1 heterocycles. The molecule has 1 aromatic rings. The average Bonchev–Trinajstić information content (AvgIpc) is 2.59. The Morgan fingerprint density at radius 3 is 2.88 bits per heavy atom. The summed E-state index contributed by atoms with van der Waals surface area (Å²) in [6.45, 7) is 2.88. The number of nitrogens with one attached hydrogen (secondary N) is 1. The normalized spacial score (nSPS) is 11.2. The highest BCUT2D eigenvalue weighted by Gasteiger charge is 2.02. The number of aliphatic hydroxyl groups excluding tert-OH is 1. The lowest BCUT2D eigenvalue weighted by molar-refractivity contribution is 0.109. The highest BCUT2D eigenvalue weighted by atomic mass is 32.1. The number of aromatic nitrogens is 2. The molecular formula is C10H19N3O2S. The number of H-pyrrole nitrogens is 1. The Morgan fingerprint density at radius 1 is 1.50 bits per heavy atom. The number of hydrogen-bond donors (Lipinski definition) is 2. The van der Waals surface area contributed by atoms with Crippen LogP contribution in [-0.2, 0) is 17.9 Å². The van der Waals surface area contributed by atoms with Crippen LogP contribution in [0.1, 0.15) is 5.69 Å². The zero-order valence-electron chi connectivity index (χ0n) is 9.77. The van der Waals surface area contributed by atoms with Crippen LogP contribution in [0.3, 0.4) is 0 Å². The van der Waals surface area contributed by atoms with Gasteiger partial charge < -0.3 is 24.3 Å². The molecule has 0 bridgehead atoms. The van der Waals surface area contributed by atoms with E-state index in [1.54, 1.807) is 6.20 Å². The molecule has 0 saturated carbocycles. The van der Waals surface area contributed by atoms with Gasteiger partial charge in [-0.1, -0.05) is 0 Å². The largest absolute Gasteiger partial charge is 0.390 e. The lowest BCUT2D eigenvalue weighted by atomic mass is 10.5. The van der Waals surface area contributed by atoms with Gasteiger partial charge >= 0.3 is 0 Å². The van der Waals surface area contributed by atoms with Crippen molar-refractivity contribution < 1.29 is 9.84 Å². The molecule has 0 aliphatic heterocycles. The van der Waals surface area contributed by atoms with E-state index in [-0.39, 0.29) is 6.61 Å². The second-order valence-electron chi connectivity index (χ2n) is 3.81. The Balaban J connectivity index is 2.31. The molecule has 0 radical (unpaired) electrons. The molecule has 6 heteroatoms. The van der Waals surface area contributed by atoms with Crippen LogP contribution in [0.5, 0.6) is 0 Å². The van der Waals surface area contributed by atoms with Gasteiger partial charge in [0, 0.05) is 19.3 Å². The van der Waals surface area contributed by atoms with Crippen LogP contribution in [0.2, 0.25) is 0 Å². The first-order valence-corrected chi connectivity index (χ1v) is 5.66. The fourth-order valence-electron chi connectivity index (χ4n) is 1.31. The van der Waals surface area contributed by atoms with Crippen LogP contribution in [0, 0.1) is 4.77 Å². The number of ether oxygens (including phenoxy) is 1. The van der Waals surface area contributed by atoms with Gasteiger partial charge in [-0.15, -0.1) is 0 Å². The van der Waals surface area contributed by atoms with E-state index in [9.17, 15) is 0 Å². The zero-order chi connectivity index (χ0) is 12.0. The standard InChI is InChI=1S/C10H19N3O2S/c1-12(2)3-5-15-6-4-13-9(8-14)7-11-10(13)16/h7,14H,3-6,8H2,1-2H3,(H,11,16). The molecule has 0 unspecified atom stereocenters. The van der Waals surface area contributed by atoms with Crippen molar-refractivity contribution in [2.24, 2.45) is 0 Å². The van der Waals surface area contributed by atoms with Crippen molar-refractivity contribution in [2.75, 3.05) is 33.9 Å². The zero-order valence-corrected chi connectivity index (χ0v) is 10.6. The van der Waals surface area contributed by atoms with Gasteiger partial charge in [-0.25, -0.2) is 0 Å². The third kappa shape index (κ3) is 4.05. The van der Waals surface area contributed by atoms with Crippen molar-refractivity contribution >= 4 is 12.2 Å². The third-order valence-corrected chi connectivity index (χ3v) is 2.60. The molecule has 0 aliphatic rings. The first kappa shape index (κ1) is 13.4. The molecule has 92 valence electrons. The molecule has 1 aromatic heterocycles. The van der Waals surface area contributed by atoms with Crippen molar-refractivity contribution in [1.29, 1.82) is 0 Å². The van der Waals surface area contributed by atoms with E-state index in [1.165, 1.54) is 0 Å². The monoisotopic (exact) mass is 245 g/mol. The molecular weight excluding hydrogens is 226 g/mol. The van der Waals surface area contributed by atoms with Gasteiger partial charge in [0.2, 0.25) is 0 Å². The molecule has 0 amide bonds. The maximum atomic E-state index is 9.07. The number of rotatable bonds is 7. The fraction of sp³-hybridized carbons (Fsp3) is 0.700. The van der Waals surface area contributed by atoms with E-state index in [4.69, 9.17) is 22.1 Å². The Hall–Kier alpha value is -0.690. The quantitative estimate of drug-likeness (QED) is 0.546. The molecule has 0 fully saturated rings. The number of hydrogen-bond acceptors (Lipinski definition) is 4. The minimum absolute atomic E-state index is 0.00909. The Bertz CT molecular complexity index is 359. The van der Waals surface area contributed by atoms with E-state index in [2.05, 4.69) is 9.88 Å². The summed E-state index contributed by atoms with van der Waals surface area (Å²) in [5.74, 6) is 0. The lowest BCUT2D eigenvalue weighted by Crippen LogP contribution is -2.19. The van der Waals surface area contributed by atoms with Crippen LogP contribution >= 0.6 is 12.2 Å². The van der Waals surface area contributed by atoms with Gasteiger partial charge in [0.05, 0.1) is 25.5 Å². The molecule has 1 rings (SSSR count). The minimum atomic E-state index is -0.00909. The van der Waals surface area contributed by atoms with E-state index in [1.807, 2.05) is 18.7 Å². The number of aliphatic hydroxyl groups is 1. The Morgan fingerprint density at radius 2 is 2.25 bits per heavy atom. The summed E-state index contributed by atoms with van der Waals surface area (Å²) in [6.07, 6.45) is 1.72. The second-order valence-corrected chi connectivity index (χ2v) is 4.20. The molecule has 0 atom stereocenters. The van der Waals surface area contributed by atoms with Crippen LogP contribution < -0.4 is 0 Å². The smallest absolute Gasteiger partial charge is 0.177 e. The maximum Gasteiger partial charge on any atom is 0.177 e. The van der Waals surface area contributed by atoms with Crippen LogP contribution in [0.25, 0.3) is 0 Å². The highest BCUT2D eigenvalue weighted by Crippen LogP contribution is 2.01. The molecule has 2 N–H and O–H groups in total. The van der Waals surface area contributed by atoms with Crippen molar-refractivity contribution in [3.63, 3.8) is 0 Å². The molecule has 0 aromatic carbocycles. The SMILES string of the molecule is CN(C)CCOCCn1c(CO)c[nH]c1=S. The van der Waals surface area contributed by atoms with Crippen molar-refractivity contribution in [3.8, 4) is 0 Å². The topological polar surface area (TPSA) is 53.4 Å². The summed E-state index contributed by atoms with van der Waals surface area (Å²) in [5, 5.41) is 9.07. The van der Waals surface area contributed by atoms with Crippen LogP contribution in [0.4, 0.5) is 0 Å². The number of aromatic amines is 1. The predicted molar refractivity (Wildman–Crippen MR) is 64.9 cm³/mol. The molecule has 0 aliphatic carbocycles. The van der Waals surface area contributed by atoms with Gasteiger partial charge in [-0.3, -0.25) is 0 Å². The fourth-order valence-corrected chi connectivity index (χ4v) is 1.58. The number of nitrogens with zero attached hydrogens (tertiary/aromatic N) is 2. The Labute approximate surface area is 101 Å². The first-order chi connectivity index (χ1) is 7.65. The van der Waals surface area contributed by atoms with E-state index < -0.39 is 0 Å². The number of likely N-dealkylation sites (N-methyl/N-ethyl adjacent to an activating group) is 1.